The molecular weight excluding hydrogens is 238 g/mol. The summed E-state index contributed by atoms with van der Waals surface area (Å²) < 4.78 is 0. The van der Waals surface area contributed by atoms with Crippen LogP contribution in [-0.4, -0.2) is 23.6 Å². The molecule has 0 amide bonds. The highest BCUT2D eigenvalue weighted by Crippen LogP contribution is 2.27. The van der Waals surface area contributed by atoms with Gasteiger partial charge in [-0.25, -0.2) is 0 Å². The molecule has 1 saturated carbocycles. The highest BCUT2D eigenvalue weighted by molar-refractivity contribution is 5.85. The van der Waals surface area contributed by atoms with Crippen LogP contribution in [0.5, 0.6) is 0 Å². The Balaban J connectivity index is 2.20. The first kappa shape index (κ1) is 16.3. The lowest BCUT2D eigenvalue weighted by Crippen LogP contribution is -2.36. The minimum atomic E-state index is -0.213. The molecule has 0 heterocycles. The Labute approximate surface area is 117 Å². The van der Waals surface area contributed by atoms with Crippen molar-refractivity contribution in [2.75, 3.05) is 6.54 Å². The molecule has 1 rings (SSSR count). The van der Waals surface area contributed by atoms with Crippen molar-refractivity contribution in [1.29, 1.82) is 0 Å². The standard InChI is InChI=1S/C15H31N3O/c1-4-12-7-5-8-13(11-12)17-10-6-9-15(2,3)14(16)18-19/h12-13,17,19H,4-11H2,1-3H3,(H2,16,18). The van der Waals surface area contributed by atoms with Crippen LogP contribution in [0.15, 0.2) is 5.16 Å². The van der Waals surface area contributed by atoms with Crippen LogP contribution >= 0.6 is 0 Å². The lowest BCUT2D eigenvalue weighted by molar-refractivity contribution is 0.275. The van der Waals surface area contributed by atoms with Gasteiger partial charge in [-0.15, -0.1) is 0 Å². The first-order valence-corrected chi connectivity index (χ1v) is 7.71. The van der Waals surface area contributed by atoms with Gasteiger partial charge in [0.1, 0.15) is 5.84 Å². The van der Waals surface area contributed by atoms with Crippen molar-refractivity contribution < 1.29 is 5.21 Å². The molecule has 1 aliphatic carbocycles. The fraction of sp³-hybridized carbons (Fsp3) is 0.933. The first-order chi connectivity index (χ1) is 8.99. The van der Waals surface area contributed by atoms with Crippen LogP contribution in [0, 0.1) is 11.3 Å². The Bertz CT molecular complexity index is 289. The van der Waals surface area contributed by atoms with Crippen LogP contribution in [-0.2, 0) is 0 Å². The molecular formula is C15H31N3O. The summed E-state index contributed by atoms with van der Waals surface area (Å²) in [5.41, 5.74) is 5.48. The van der Waals surface area contributed by atoms with E-state index in [1.165, 1.54) is 32.1 Å². The maximum atomic E-state index is 8.73. The summed E-state index contributed by atoms with van der Waals surface area (Å²) in [7, 11) is 0. The zero-order valence-electron chi connectivity index (χ0n) is 12.8. The van der Waals surface area contributed by atoms with Crippen LogP contribution < -0.4 is 11.1 Å². The summed E-state index contributed by atoms with van der Waals surface area (Å²) in [6.07, 6.45) is 8.75. The molecule has 0 saturated heterocycles. The highest BCUT2D eigenvalue weighted by Gasteiger charge is 2.24. The number of nitrogens with one attached hydrogen (secondary N) is 1. The van der Waals surface area contributed by atoms with E-state index in [1.807, 2.05) is 13.8 Å². The molecule has 0 aromatic rings. The van der Waals surface area contributed by atoms with Gasteiger partial charge in [0, 0.05) is 11.5 Å². The van der Waals surface area contributed by atoms with Crippen LogP contribution in [0.4, 0.5) is 0 Å². The van der Waals surface area contributed by atoms with Crippen LogP contribution in [0.25, 0.3) is 0 Å². The molecule has 2 atom stereocenters. The van der Waals surface area contributed by atoms with E-state index < -0.39 is 0 Å². The van der Waals surface area contributed by atoms with E-state index in [4.69, 9.17) is 10.9 Å². The van der Waals surface area contributed by atoms with E-state index in [1.54, 1.807) is 0 Å². The Morgan fingerprint density at radius 2 is 2.16 bits per heavy atom. The van der Waals surface area contributed by atoms with Crippen molar-refractivity contribution in [2.45, 2.75) is 71.8 Å². The zero-order valence-corrected chi connectivity index (χ0v) is 12.8. The predicted octanol–water partition coefficient (Wildman–Crippen LogP) is 3.10. The summed E-state index contributed by atoms with van der Waals surface area (Å²) in [6, 6.07) is 0.700. The number of amidine groups is 1. The molecule has 1 fully saturated rings. The average Bonchev–Trinajstić information content (AvgIpc) is 2.43. The van der Waals surface area contributed by atoms with E-state index in [9.17, 15) is 0 Å². The second-order valence-corrected chi connectivity index (χ2v) is 6.56. The number of nitrogens with zero attached hydrogens (tertiary/aromatic N) is 1. The Hall–Kier alpha value is -0.770. The quantitative estimate of drug-likeness (QED) is 0.219. The normalized spacial score (nSPS) is 25.5. The largest absolute Gasteiger partial charge is 0.409 e. The maximum Gasteiger partial charge on any atom is 0.144 e. The van der Waals surface area contributed by atoms with Gasteiger partial charge in [-0.1, -0.05) is 45.2 Å². The van der Waals surface area contributed by atoms with Crippen LogP contribution in [0.3, 0.4) is 0 Å². The van der Waals surface area contributed by atoms with Gasteiger partial charge in [-0.05, 0) is 38.1 Å². The summed E-state index contributed by atoms with van der Waals surface area (Å²) in [4.78, 5) is 0. The van der Waals surface area contributed by atoms with E-state index in [2.05, 4.69) is 17.4 Å². The molecule has 2 unspecified atom stereocenters. The lowest BCUT2D eigenvalue weighted by atomic mass is 9.84. The van der Waals surface area contributed by atoms with Gasteiger partial charge in [0.15, 0.2) is 0 Å². The number of hydrogen-bond donors (Lipinski definition) is 3. The van der Waals surface area contributed by atoms with E-state index in [0.29, 0.717) is 11.9 Å². The number of rotatable bonds is 7. The Morgan fingerprint density at radius 1 is 1.42 bits per heavy atom. The first-order valence-electron chi connectivity index (χ1n) is 7.71. The number of nitrogens with two attached hydrogens (primary N) is 1. The molecule has 19 heavy (non-hydrogen) atoms. The fourth-order valence-corrected chi connectivity index (χ4v) is 2.95. The van der Waals surface area contributed by atoms with Crippen molar-refractivity contribution in [1.82, 2.24) is 5.32 Å². The van der Waals surface area contributed by atoms with Crippen LogP contribution in [0.1, 0.15) is 65.7 Å². The second kappa shape index (κ2) is 7.73. The van der Waals surface area contributed by atoms with Crippen molar-refractivity contribution in [3.05, 3.63) is 0 Å². The third-order valence-electron chi connectivity index (χ3n) is 4.57. The summed E-state index contributed by atoms with van der Waals surface area (Å²) in [6.45, 7) is 7.38. The van der Waals surface area contributed by atoms with Crippen molar-refractivity contribution in [3.8, 4) is 0 Å². The number of oxime groups is 1. The maximum absolute atomic E-state index is 8.73. The van der Waals surface area contributed by atoms with Crippen LogP contribution in [0.2, 0.25) is 0 Å². The van der Waals surface area contributed by atoms with Crippen molar-refractivity contribution >= 4 is 5.84 Å². The molecule has 0 radical (unpaired) electrons. The molecule has 0 aliphatic heterocycles. The van der Waals surface area contributed by atoms with Crippen molar-refractivity contribution in [3.63, 3.8) is 0 Å². The van der Waals surface area contributed by atoms with E-state index >= 15 is 0 Å². The third-order valence-corrected chi connectivity index (χ3v) is 4.57. The monoisotopic (exact) mass is 269 g/mol. The molecule has 4 heteroatoms. The van der Waals surface area contributed by atoms with Gasteiger partial charge >= 0.3 is 0 Å². The molecule has 4 nitrogen and oxygen atoms in total. The lowest BCUT2D eigenvalue weighted by Gasteiger charge is -2.30. The molecule has 0 spiro atoms. The molecule has 0 bridgehead atoms. The fourth-order valence-electron chi connectivity index (χ4n) is 2.95. The van der Waals surface area contributed by atoms with E-state index in [-0.39, 0.29) is 5.41 Å². The second-order valence-electron chi connectivity index (χ2n) is 6.56. The summed E-state index contributed by atoms with van der Waals surface area (Å²) in [5, 5.41) is 15.5. The molecule has 0 aromatic heterocycles. The van der Waals surface area contributed by atoms with E-state index in [0.717, 1.165) is 25.3 Å². The van der Waals surface area contributed by atoms with Gasteiger partial charge in [-0.2, -0.15) is 0 Å². The topological polar surface area (TPSA) is 70.6 Å². The smallest absolute Gasteiger partial charge is 0.144 e. The molecule has 1 aliphatic rings. The Morgan fingerprint density at radius 3 is 2.79 bits per heavy atom. The van der Waals surface area contributed by atoms with Gasteiger partial charge < -0.3 is 16.3 Å². The summed E-state index contributed by atoms with van der Waals surface area (Å²) in [5.74, 6) is 1.25. The van der Waals surface area contributed by atoms with Gasteiger partial charge in [0.05, 0.1) is 0 Å². The zero-order chi connectivity index (χ0) is 14.3. The molecule has 0 aromatic carbocycles. The van der Waals surface area contributed by atoms with Gasteiger partial charge in [-0.3, -0.25) is 0 Å². The van der Waals surface area contributed by atoms with Gasteiger partial charge in [0.2, 0.25) is 0 Å². The van der Waals surface area contributed by atoms with Crippen molar-refractivity contribution in [2.24, 2.45) is 22.2 Å². The summed E-state index contributed by atoms with van der Waals surface area (Å²) >= 11 is 0. The Kier molecular flexibility index (Phi) is 6.63. The minimum absolute atomic E-state index is 0.213. The molecule has 112 valence electrons. The molecule has 4 N–H and O–H groups in total. The van der Waals surface area contributed by atoms with Gasteiger partial charge in [0.25, 0.3) is 0 Å². The SMILES string of the molecule is CCC1CCCC(NCCCC(C)(C)C(N)=NO)C1. The highest BCUT2D eigenvalue weighted by atomic mass is 16.4. The number of hydrogen-bond acceptors (Lipinski definition) is 3. The average molecular weight is 269 g/mol. The predicted molar refractivity (Wildman–Crippen MR) is 80.5 cm³/mol. The third kappa shape index (κ3) is 5.39. The minimum Gasteiger partial charge on any atom is -0.409 e.